The molecule has 5 heteroatoms. The summed E-state index contributed by atoms with van der Waals surface area (Å²) in [6, 6.07) is 21.8. The van der Waals surface area contributed by atoms with E-state index in [2.05, 4.69) is 59.0 Å². The molecular formula is C25H26N4O. The van der Waals surface area contributed by atoms with Crippen molar-refractivity contribution in [1.82, 2.24) is 19.9 Å². The van der Waals surface area contributed by atoms with Crippen LogP contribution in [0.5, 0.6) is 0 Å². The van der Waals surface area contributed by atoms with E-state index in [0.717, 1.165) is 16.9 Å². The summed E-state index contributed by atoms with van der Waals surface area (Å²) >= 11 is 0. The summed E-state index contributed by atoms with van der Waals surface area (Å²) in [5, 5.41) is 3.04. The lowest BCUT2D eigenvalue weighted by Crippen LogP contribution is -2.29. The number of pyridine rings is 1. The number of para-hydroxylation sites is 2. The summed E-state index contributed by atoms with van der Waals surface area (Å²) in [6.45, 7) is 7.04. The molecule has 2 aromatic heterocycles. The first kappa shape index (κ1) is 19.8. The Morgan fingerprint density at radius 2 is 1.70 bits per heavy atom. The third-order valence-electron chi connectivity index (χ3n) is 5.30. The standard InChI is InChI=1S/C25H26N4O/c1-17(2)20-13-11-19(12-14-20)16-29-23-10-5-4-8-21(23)28-24(29)18(3)27-25(30)22-9-6-7-15-26-22/h4-15,17-18H,16H2,1-3H3,(H,27,30). The maximum atomic E-state index is 12.6. The van der Waals surface area contributed by atoms with Crippen LogP contribution in [0.1, 0.15) is 60.2 Å². The molecule has 4 aromatic rings. The van der Waals surface area contributed by atoms with Gasteiger partial charge in [-0.2, -0.15) is 0 Å². The Hall–Kier alpha value is -3.47. The van der Waals surface area contributed by atoms with Gasteiger partial charge in [-0.05, 0) is 48.2 Å². The fourth-order valence-corrected chi connectivity index (χ4v) is 3.61. The number of aromatic nitrogens is 3. The fourth-order valence-electron chi connectivity index (χ4n) is 3.61. The van der Waals surface area contributed by atoms with Crippen molar-refractivity contribution in [2.24, 2.45) is 0 Å². The molecule has 5 nitrogen and oxygen atoms in total. The minimum absolute atomic E-state index is 0.206. The van der Waals surface area contributed by atoms with E-state index in [4.69, 9.17) is 4.98 Å². The largest absolute Gasteiger partial charge is 0.341 e. The number of carbonyl (C=O) groups is 1. The Labute approximate surface area is 176 Å². The molecular weight excluding hydrogens is 372 g/mol. The zero-order valence-electron chi connectivity index (χ0n) is 17.5. The first-order chi connectivity index (χ1) is 14.5. The summed E-state index contributed by atoms with van der Waals surface area (Å²) in [5.41, 5.74) is 4.90. The van der Waals surface area contributed by atoms with Crippen LogP contribution in [0.3, 0.4) is 0 Å². The van der Waals surface area contributed by atoms with Gasteiger partial charge in [0.1, 0.15) is 11.5 Å². The lowest BCUT2D eigenvalue weighted by atomic mass is 10.0. The normalized spacial score (nSPS) is 12.3. The lowest BCUT2D eigenvalue weighted by Gasteiger charge is -2.17. The van der Waals surface area contributed by atoms with E-state index in [-0.39, 0.29) is 11.9 Å². The number of hydrogen-bond acceptors (Lipinski definition) is 3. The zero-order valence-corrected chi connectivity index (χ0v) is 17.5. The summed E-state index contributed by atoms with van der Waals surface area (Å²) in [4.78, 5) is 21.6. The van der Waals surface area contributed by atoms with Gasteiger partial charge in [-0.1, -0.05) is 56.3 Å². The first-order valence-corrected chi connectivity index (χ1v) is 10.3. The number of hydrogen-bond donors (Lipinski definition) is 1. The molecule has 4 rings (SSSR count). The summed E-state index contributed by atoms with van der Waals surface area (Å²) in [5.74, 6) is 1.13. The lowest BCUT2D eigenvalue weighted by molar-refractivity contribution is 0.0932. The van der Waals surface area contributed by atoms with Crippen LogP contribution in [0, 0.1) is 0 Å². The van der Waals surface area contributed by atoms with Crippen LogP contribution in [0.2, 0.25) is 0 Å². The monoisotopic (exact) mass is 398 g/mol. The minimum Gasteiger partial charge on any atom is -0.341 e. The van der Waals surface area contributed by atoms with Crippen LogP contribution >= 0.6 is 0 Å². The number of nitrogens with one attached hydrogen (secondary N) is 1. The van der Waals surface area contributed by atoms with Crippen molar-refractivity contribution in [3.05, 3.63) is 95.6 Å². The second kappa shape index (κ2) is 8.49. The van der Waals surface area contributed by atoms with Gasteiger partial charge in [0.05, 0.1) is 17.1 Å². The number of benzene rings is 2. The van der Waals surface area contributed by atoms with Crippen molar-refractivity contribution in [1.29, 1.82) is 0 Å². The quantitative estimate of drug-likeness (QED) is 0.492. The second-order valence-corrected chi connectivity index (χ2v) is 7.85. The molecule has 0 radical (unpaired) electrons. The summed E-state index contributed by atoms with van der Waals surface area (Å²) in [6.07, 6.45) is 1.62. The highest BCUT2D eigenvalue weighted by Crippen LogP contribution is 2.23. The van der Waals surface area contributed by atoms with Gasteiger partial charge in [0, 0.05) is 12.7 Å². The van der Waals surface area contributed by atoms with Crippen molar-refractivity contribution >= 4 is 16.9 Å². The minimum atomic E-state index is -0.262. The van der Waals surface area contributed by atoms with Gasteiger partial charge in [-0.15, -0.1) is 0 Å². The maximum absolute atomic E-state index is 12.6. The Balaban J connectivity index is 1.65. The average Bonchev–Trinajstić information content (AvgIpc) is 3.13. The zero-order chi connectivity index (χ0) is 21.1. The van der Waals surface area contributed by atoms with Gasteiger partial charge in [0.15, 0.2) is 0 Å². The van der Waals surface area contributed by atoms with Gasteiger partial charge in [-0.3, -0.25) is 9.78 Å². The fraction of sp³-hybridized carbons (Fsp3) is 0.240. The first-order valence-electron chi connectivity index (χ1n) is 10.3. The Morgan fingerprint density at radius 1 is 0.967 bits per heavy atom. The molecule has 0 aliphatic rings. The highest BCUT2D eigenvalue weighted by atomic mass is 16.1. The van der Waals surface area contributed by atoms with Gasteiger partial charge in [0.2, 0.25) is 0 Å². The molecule has 30 heavy (non-hydrogen) atoms. The second-order valence-electron chi connectivity index (χ2n) is 7.85. The van der Waals surface area contributed by atoms with Crippen molar-refractivity contribution in [2.75, 3.05) is 0 Å². The third-order valence-corrected chi connectivity index (χ3v) is 5.30. The predicted octanol–water partition coefficient (Wildman–Crippen LogP) is 5.09. The van der Waals surface area contributed by atoms with E-state index in [1.54, 1.807) is 18.3 Å². The molecule has 0 spiro atoms. The Bertz CT molecular complexity index is 1150. The molecule has 1 atom stereocenters. The number of nitrogens with zero attached hydrogens (tertiary/aromatic N) is 3. The molecule has 0 aliphatic heterocycles. The molecule has 0 saturated heterocycles. The van der Waals surface area contributed by atoms with Crippen molar-refractivity contribution in [3.8, 4) is 0 Å². The van der Waals surface area contributed by atoms with E-state index in [1.807, 2.05) is 31.2 Å². The molecule has 2 aromatic carbocycles. The van der Waals surface area contributed by atoms with E-state index in [0.29, 0.717) is 18.2 Å². The van der Waals surface area contributed by atoms with E-state index in [1.165, 1.54) is 11.1 Å². The molecule has 152 valence electrons. The number of amides is 1. The molecule has 0 bridgehead atoms. The van der Waals surface area contributed by atoms with E-state index < -0.39 is 0 Å². The topological polar surface area (TPSA) is 59.8 Å². The number of imidazole rings is 1. The summed E-state index contributed by atoms with van der Waals surface area (Å²) in [7, 11) is 0. The SMILES string of the molecule is CC(C)c1ccc(Cn2c(C(C)NC(=O)c3ccccn3)nc3ccccc32)cc1. The molecule has 0 saturated carbocycles. The van der Waals surface area contributed by atoms with Gasteiger partial charge in [0.25, 0.3) is 5.91 Å². The van der Waals surface area contributed by atoms with Gasteiger partial charge in [-0.25, -0.2) is 4.98 Å². The van der Waals surface area contributed by atoms with E-state index >= 15 is 0 Å². The molecule has 1 N–H and O–H groups in total. The smallest absolute Gasteiger partial charge is 0.270 e. The van der Waals surface area contributed by atoms with Crippen LogP contribution in [-0.2, 0) is 6.54 Å². The molecule has 1 amide bonds. The number of rotatable bonds is 6. The average molecular weight is 399 g/mol. The molecule has 0 aliphatic carbocycles. The van der Waals surface area contributed by atoms with Crippen molar-refractivity contribution in [3.63, 3.8) is 0 Å². The number of carbonyl (C=O) groups excluding carboxylic acids is 1. The number of fused-ring (bicyclic) bond motifs is 1. The van der Waals surface area contributed by atoms with Crippen LogP contribution in [0.25, 0.3) is 11.0 Å². The van der Waals surface area contributed by atoms with Crippen molar-refractivity contribution in [2.45, 2.75) is 39.3 Å². The Kier molecular flexibility index (Phi) is 5.61. The highest BCUT2D eigenvalue weighted by molar-refractivity contribution is 5.92. The van der Waals surface area contributed by atoms with Gasteiger partial charge < -0.3 is 9.88 Å². The van der Waals surface area contributed by atoms with Crippen LogP contribution in [0.4, 0.5) is 0 Å². The molecule has 0 fully saturated rings. The van der Waals surface area contributed by atoms with Crippen LogP contribution in [-0.4, -0.2) is 20.4 Å². The van der Waals surface area contributed by atoms with E-state index in [9.17, 15) is 4.79 Å². The van der Waals surface area contributed by atoms with Crippen LogP contribution < -0.4 is 5.32 Å². The predicted molar refractivity (Wildman–Crippen MR) is 119 cm³/mol. The summed E-state index contributed by atoms with van der Waals surface area (Å²) < 4.78 is 2.18. The highest BCUT2D eigenvalue weighted by Gasteiger charge is 2.19. The maximum Gasteiger partial charge on any atom is 0.270 e. The Morgan fingerprint density at radius 3 is 2.40 bits per heavy atom. The third kappa shape index (κ3) is 4.10. The van der Waals surface area contributed by atoms with Crippen molar-refractivity contribution < 1.29 is 4.79 Å². The molecule has 2 heterocycles. The van der Waals surface area contributed by atoms with Gasteiger partial charge >= 0.3 is 0 Å². The molecule has 1 unspecified atom stereocenters. The van der Waals surface area contributed by atoms with Crippen LogP contribution in [0.15, 0.2) is 72.9 Å².